The van der Waals surface area contributed by atoms with Crippen molar-refractivity contribution in [2.75, 3.05) is 5.43 Å². The molecule has 35 heavy (non-hydrogen) atoms. The highest BCUT2D eigenvalue weighted by Crippen LogP contribution is 2.34. The van der Waals surface area contributed by atoms with Crippen LogP contribution in [0.1, 0.15) is 50.5 Å². The molecule has 0 spiro atoms. The number of carbonyl (C=O) groups excluding carboxylic acids is 2. The highest BCUT2D eigenvalue weighted by Gasteiger charge is 2.33. The van der Waals surface area contributed by atoms with Gasteiger partial charge in [0.05, 0.1) is 32.8 Å². The van der Waals surface area contributed by atoms with E-state index in [0.717, 1.165) is 6.07 Å². The standard InChI is InChI=1S/C20H13Cl2F6N5O2/c1-8(15-12(21)3-10(6-30-15)19(23,24)25)16(34)9-2-14(29-5-9)18(35)33-32-17-13(22)4-11(7-31-17)20(26,27)28/h2-8,29H,1H3,(H,31,32)(H,33,35)/t8-/m1/s1. The van der Waals surface area contributed by atoms with Crippen molar-refractivity contribution in [3.8, 4) is 0 Å². The zero-order valence-electron chi connectivity index (χ0n) is 17.3. The summed E-state index contributed by atoms with van der Waals surface area (Å²) in [5, 5.41) is -0.753. The summed E-state index contributed by atoms with van der Waals surface area (Å²) in [7, 11) is 0. The van der Waals surface area contributed by atoms with Crippen LogP contribution in [-0.4, -0.2) is 26.6 Å². The molecule has 186 valence electrons. The summed E-state index contributed by atoms with van der Waals surface area (Å²) in [6.07, 6.45) is -7.03. The van der Waals surface area contributed by atoms with Gasteiger partial charge >= 0.3 is 12.4 Å². The van der Waals surface area contributed by atoms with Crippen molar-refractivity contribution in [2.24, 2.45) is 0 Å². The van der Waals surface area contributed by atoms with Crippen molar-refractivity contribution in [3.05, 3.63) is 74.9 Å². The van der Waals surface area contributed by atoms with E-state index in [0.29, 0.717) is 24.5 Å². The molecule has 3 rings (SSSR count). The second-order valence-corrected chi connectivity index (χ2v) is 7.92. The van der Waals surface area contributed by atoms with Crippen LogP contribution in [0, 0.1) is 0 Å². The van der Waals surface area contributed by atoms with Crippen LogP contribution < -0.4 is 10.9 Å². The minimum absolute atomic E-state index is 0.00565. The van der Waals surface area contributed by atoms with Gasteiger partial charge in [-0.05, 0) is 25.1 Å². The van der Waals surface area contributed by atoms with Crippen molar-refractivity contribution in [1.82, 2.24) is 20.4 Å². The minimum atomic E-state index is -4.65. The van der Waals surface area contributed by atoms with E-state index in [1.807, 2.05) is 0 Å². The van der Waals surface area contributed by atoms with Crippen molar-refractivity contribution >= 4 is 40.7 Å². The van der Waals surface area contributed by atoms with E-state index in [9.17, 15) is 35.9 Å². The number of carbonyl (C=O) groups is 2. The average Bonchev–Trinajstić information content (AvgIpc) is 3.26. The van der Waals surface area contributed by atoms with Crippen molar-refractivity contribution in [1.29, 1.82) is 0 Å². The predicted octanol–water partition coefficient (Wildman–Crippen LogP) is 5.89. The Morgan fingerprint density at radius 3 is 2.06 bits per heavy atom. The third kappa shape index (κ3) is 6.03. The van der Waals surface area contributed by atoms with Gasteiger partial charge in [0, 0.05) is 24.2 Å². The number of hydrogen-bond acceptors (Lipinski definition) is 5. The molecular formula is C20H13Cl2F6N5O2. The molecule has 0 saturated heterocycles. The third-order valence-corrected chi connectivity index (χ3v) is 5.27. The van der Waals surface area contributed by atoms with Crippen molar-refractivity contribution < 1.29 is 35.9 Å². The summed E-state index contributed by atoms with van der Waals surface area (Å²) < 4.78 is 76.4. The summed E-state index contributed by atoms with van der Waals surface area (Å²) in [6.45, 7) is 1.39. The molecular weight excluding hydrogens is 527 g/mol. The molecule has 0 saturated carbocycles. The second kappa shape index (κ2) is 9.74. The Labute approximate surface area is 202 Å². The fraction of sp³-hybridized carbons (Fsp3) is 0.200. The number of rotatable bonds is 6. The fourth-order valence-corrected chi connectivity index (χ4v) is 3.38. The molecule has 7 nitrogen and oxygen atoms in total. The van der Waals surface area contributed by atoms with Crippen LogP contribution in [0.2, 0.25) is 10.0 Å². The molecule has 1 atom stereocenters. The molecule has 1 amide bonds. The van der Waals surface area contributed by atoms with Gasteiger partial charge in [-0.15, -0.1) is 0 Å². The number of hydrogen-bond donors (Lipinski definition) is 3. The van der Waals surface area contributed by atoms with Crippen molar-refractivity contribution in [2.45, 2.75) is 25.2 Å². The first kappa shape index (κ1) is 26.3. The van der Waals surface area contributed by atoms with E-state index in [4.69, 9.17) is 23.2 Å². The summed E-state index contributed by atoms with van der Waals surface area (Å²) in [4.78, 5) is 34.8. The third-order valence-electron chi connectivity index (χ3n) is 4.68. The van der Waals surface area contributed by atoms with E-state index >= 15 is 0 Å². The highest BCUT2D eigenvalue weighted by atomic mass is 35.5. The number of Topliss-reactive ketones (excluding diaryl/α,β-unsaturated/α-hetero) is 1. The van der Waals surface area contributed by atoms with Crippen LogP contribution in [0.5, 0.6) is 0 Å². The molecule has 3 aromatic rings. The predicted molar refractivity (Wildman–Crippen MR) is 113 cm³/mol. The molecule has 15 heteroatoms. The summed E-state index contributed by atoms with van der Waals surface area (Å²) in [5.74, 6) is -2.70. The number of aromatic amines is 1. The number of hydrazine groups is 1. The van der Waals surface area contributed by atoms with Gasteiger partial charge in [-0.2, -0.15) is 26.3 Å². The lowest BCUT2D eigenvalue weighted by atomic mass is 9.97. The summed E-state index contributed by atoms with van der Waals surface area (Å²) >= 11 is 11.6. The Kier molecular flexibility index (Phi) is 7.31. The number of ketones is 1. The van der Waals surface area contributed by atoms with Crippen molar-refractivity contribution in [3.63, 3.8) is 0 Å². The molecule has 0 aliphatic rings. The molecule has 0 aromatic carbocycles. The molecule has 0 unspecified atom stereocenters. The maximum Gasteiger partial charge on any atom is 0.417 e. The molecule has 0 fully saturated rings. The zero-order valence-corrected chi connectivity index (χ0v) is 18.8. The number of pyridine rings is 2. The van der Waals surface area contributed by atoms with Gasteiger partial charge in [-0.25, -0.2) is 4.98 Å². The first-order valence-electron chi connectivity index (χ1n) is 9.43. The molecule has 0 aliphatic carbocycles. The smallest absolute Gasteiger partial charge is 0.356 e. The largest absolute Gasteiger partial charge is 0.417 e. The maximum absolute atomic E-state index is 12.8. The van der Waals surface area contributed by atoms with Crippen LogP contribution in [0.15, 0.2) is 36.8 Å². The lowest BCUT2D eigenvalue weighted by molar-refractivity contribution is -0.138. The van der Waals surface area contributed by atoms with Crippen LogP contribution in [0.4, 0.5) is 32.2 Å². The molecule has 3 heterocycles. The number of alkyl halides is 6. The first-order valence-corrected chi connectivity index (χ1v) is 10.2. The van der Waals surface area contributed by atoms with Crippen LogP contribution in [0.3, 0.4) is 0 Å². The maximum atomic E-state index is 12.8. The van der Waals surface area contributed by atoms with Gasteiger partial charge in [0.1, 0.15) is 5.69 Å². The lowest BCUT2D eigenvalue weighted by Crippen LogP contribution is -2.30. The quantitative estimate of drug-likeness (QED) is 0.206. The topological polar surface area (TPSA) is 99.8 Å². The number of nitrogens with zero attached hydrogens (tertiary/aromatic N) is 2. The Hall–Kier alpha value is -3.32. The molecule has 0 bridgehead atoms. The number of amides is 1. The molecule has 0 radical (unpaired) electrons. The van der Waals surface area contributed by atoms with Crippen LogP contribution >= 0.6 is 23.2 Å². The Morgan fingerprint density at radius 2 is 1.51 bits per heavy atom. The van der Waals surface area contributed by atoms with Gasteiger partial charge in [0.2, 0.25) is 0 Å². The lowest BCUT2D eigenvalue weighted by Gasteiger charge is -2.13. The monoisotopic (exact) mass is 539 g/mol. The number of H-pyrrole nitrogens is 1. The fourth-order valence-electron chi connectivity index (χ4n) is 2.83. The van der Waals surface area contributed by atoms with Gasteiger partial charge in [-0.3, -0.25) is 25.4 Å². The number of halogens is 8. The highest BCUT2D eigenvalue weighted by molar-refractivity contribution is 6.33. The number of anilines is 1. The molecule has 3 N–H and O–H groups in total. The van der Waals surface area contributed by atoms with Gasteiger partial charge in [0.15, 0.2) is 11.6 Å². The van der Waals surface area contributed by atoms with Gasteiger partial charge in [0.25, 0.3) is 5.91 Å². The Balaban J connectivity index is 1.68. The van der Waals surface area contributed by atoms with E-state index in [1.165, 1.54) is 13.1 Å². The zero-order chi connectivity index (χ0) is 26.1. The first-order chi connectivity index (χ1) is 16.2. The van der Waals surface area contributed by atoms with E-state index in [2.05, 4.69) is 25.8 Å². The van der Waals surface area contributed by atoms with E-state index in [1.54, 1.807) is 0 Å². The number of aromatic nitrogens is 3. The number of nitrogens with one attached hydrogen (secondary N) is 3. The normalized spacial score (nSPS) is 12.8. The second-order valence-electron chi connectivity index (χ2n) is 7.11. The van der Waals surface area contributed by atoms with Gasteiger partial charge in [-0.1, -0.05) is 23.2 Å². The van der Waals surface area contributed by atoms with E-state index in [-0.39, 0.29) is 27.8 Å². The SMILES string of the molecule is C[C@@H](C(=O)c1c[nH]c(C(=O)NNc2ncc(C(F)(F)F)cc2Cl)c1)c1ncc(C(F)(F)F)cc1Cl. The molecule has 3 aromatic heterocycles. The molecule has 0 aliphatic heterocycles. The average molecular weight is 540 g/mol. The van der Waals surface area contributed by atoms with Crippen LogP contribution in [0.25, 0.3) is 0 Å². The van der Waals surface area contributed by atoms with Crippen LogP contribution in [-0.2, 0) is 12.4 Å². The Bertz CT molecular complexity index is 1280. The summed E-state index contributed by atoms with van der Waals surface area (Å²) in [5.41, 5.74) is 2.08. The summed E-state index contributed by atoms with van der Waals surface area (Å²) in [6, 6.07) is 2.45. The minimum Gasteiger partial charge on any atom is -0.356 e. The van der Waals surface area contributed by atoms with E-state index < -0.39 is 46.1 Å². The van der Waals surface area contributed by atoms with Gasteiger partial charge < -0.3 is 4.98 Å². The Morgan fingerprint density at radius 1 is 0.943 bits per heavy atom.